The minimum absolute atomic E-state index is 0.109. The average molecular weight is 260 g/mol. The molecule has 3 rings (SSSR count). The number of ether oxygens (including phenoxy) is 2. The third-order valence-corrected chi connectivity index (χ3v) is 3.32. The number of rotatable bonds is 4. The predicted octanol–water partition coefficient (Wildman–Crippen LogP) is 2.09. The lowest BCUT2D eigenvalue weighted by atomic mass is 10.1. The van der Waals surface area contributed by atoms with Gasteiger partial charge in [0.1, 0.15) is 17.9 Å². The Labute approximate surface area is 111 Å². The Morgan fingerprint density at radius 1 is 1.47 bits per heavy atom. The standard InChI is InChI=1S/C14H16N2O3/c17-9-12-14(15-13-6-1-3-7-16(12)13)19-10-11-5-2-4-8-18-11/h1,3,6-7,9,11H,2,4-5,8,10H2. The van der Waals surface area contributed by atoms with Gasteiger partial charge in [-0.2, -0.15) is 4.98 Å². The van der Waals surface area contributed by atoms with E-state index >= 15 is 0 Å². The number of aldehydes is 1. The Kier molecular flexibility index (Phi) is 3.46. The highest BCUT2D eigenvalue weighted by Gasteiger charge is 2.17. The molecule has 2 aromatic rings. The van der Waals surface area contributed by atoms with Gasteiger partial charge < -0.3 is 9.47 Å². The van der Waals surface area contributed by atoms with E-state index in [9.17, 15) is 4.79 Å². The molecule has 1 fully saturated rings. The molecule has 0 bridgehead atoms. The molecule has 1 saturated heterocycles. The fraction of sp³-hybridized carbons (Fsp3) is 0.429. The van der Waals surface area contributed by atoms with Crippen LogP contribution in [0, 0.1) is 0 Å². The maximum Gasteiger partial charge on any atom is 0.243 e. The van der Waals surface area contributed by atoms with Crippen LogP contribution in [0.4, 0.5) is 0 Å². The molecule has 0 N–H and O–H groups in total. The Morgan fingerprint density at radius 2 is 2.42 bits per heavy atom. The van der Waals surface area contributed by atoms with Crippen LogP contribution in [0.15, 0.2) is 24.4 Å². The molecule has 1 aliphatic heterocycles. The summed E-state index contributed by atoms with van der Waals surface area (Å²) in [7, 11) is 0. The number of fused-ring (bicyclic) bond motifs is 1. The largest absolute Gasteiger partial charge is 0.473 e. The van der Waals surface area contributed by atoms with E-state index in [1.165, 1.54) is 6.42 Å². The summed E-state index contributed by atoms with van der Waals surface area (Å²) in [6.45, 7) is 1.24. The van der Waals surface area contributed by atoms with E-state index in [4.69, 9.17) is 9.47 Å². The fourth-order valence-electron chi connectivity index (χ4n) is 2.32. The van der Waals surface area contributed by atoms with Crippen LogP contribution >= 0.6 is 0 Å². The van der Waals surface area contributed by atoms with Crippen LogP contribution in [-0.4, -0.2) is 35.0 Å². The molecule has 0 amide bonds. The van der Waals surface area contributed by atoms with E-state index in [1.54, 1.807) is 10.6 Å². The van der Waals surface area contributed by atoms with Crippen molar-refractivity contribution in [3.05, 3.63) is 30.1 Å². The van der Waals surface area contributed by atoms with Crippen molar-refractivity contribution in [1.82, 2.24) is 9.38 Å². The third-order valence-electron chi connectivity index (χ3n) is 3.32. The lowest BCUT2D eigenvalue weighted by Gasteiger charge is -2.22. The maximum absolute atomic E-state index is 11.2. The molecule has 5 heteroatoms. The van der Waals surface area contributed by atoms with E-state index in [0.717, 1.165) is 25.7 Å². The Morgan fingerprint density at radius 3 is 3.21 bits per heavy atom. The number of hydrogen-bond donors (Lipinski definition) is 0. The summed E-state index contributed by atoms with van der Waals surface area (Å²) in [5.41, 5.74) is 1.16. The lowest BCUT2D eigenvalue weighted by molar-refractivity contribution is -0.0119. The molecule has 0 aromatic carbocycles. The summed E-state index contributed by atoms with van der Waals surface area (Å²) in [6, 6.07) is 5.58. The van der Waals surface area contributed by atoms with Crippen LogP contribution in [0.25, 0.3) is 5.65 Å². The van der Waals surface area contributed by atoms with E-state index < -0.39 is 0 Å². The maximum atomic E-state index is 11.2. The molecule has 19 heavy (non-hydrogen) atoms. The summed E-state index contributed by atoms with van der Waals surface area (Å²) in [6.07, 6.45) is 5.97. The monoisotopic (exact) mass is 260 g/mol. The van der Waals surface area contributed by atoms with Gasteiger partial charge in [0.15, 0.2) is 6.29 Å². The van der Waals surface area contributed by atoms with Crippen molar-refractivity contribution >= 4 is 11.9 Å². The highest BCUT2D eigenvalue weighted by molar-refractivity contribution is 5.78. The van der Waals surface area contributed by atoms with E-state index in [-0.39, 0.29) is 6.10 Å². The van der Waals surface area contributed by atoms with Crippen LogP contribution in [0.1, 0.15) is 29.8 Å². The second-order valence-corrected chi connectivity index (χ2v) is 4.65. The second kappa shape index (κ2) is 5.40. The van der Waals surface area contributed by atoms with Crippen molar-refractivity contribution in [2.24, 2.45) is 0 Å². The number of imidazole rings is 1. The molecule has 0 saturated carbocycles. The molecule has 1 aliphatic rings. The topological polar surface area (TPSA) is 52.8 Å². The molecule has 3 heterocycles. The van der Waals surface area contributed by atoms with Crippen molar-refractivity contribution in [3.63, 3.8) is 0 Å². The second-order valence-electron chi connectivity index (χ2n) is 4.65. The lowest BCUT2D eigenvalue weighted by Crippen LogP contribution is -2.26. The van der Waals surface area contributed by atoms with Gasteiger partial charge in [-0.3, -0.25) is 9.20 Å². The van der Waals surface area contributed by atoms with Gasteiger partial charge in [-0.15, -0.1) is 0 Å². The molecule has 100 valence electrons. The van der Waals surface area contributed by atoms with Crippen molar-refractivity contribution in [3.8, 4) is 5.88 Å². The highest BCUT2D eigenvalue weighted by Crippen LogP contribution is 2.20. The van der Waals surface area contributed by atoms with Crippen LogP contribution < -0.4 is 4.74 Å². The summed E-state index contributed by atoms with van der Waals surface area (Å²) in [4.78, 5) is 15.5. The molecular formula is C14H16N2O3. The van der Waals surface area contributed by atoms with Gasteiger partial charge >= 0.3 is 0 Å². The average Bonchev–Trinajstić information content (AvgIpc) is 2.83. The van der Waals surface area contributed by atoms with E-state index in [2.05, 4.69) is 4.98 Å². The van der Waals surface area contributed by atoms with Crippen molar-refractivity contribution in [2.45, 2.75) is 25.4 Å². The zero-order valence-corrected chi connectivity index (χ0v) is 10.6. The van der Waals surface area contributed by atoms with Gasteiger partial charge in [-0.1, -0.05) is 6.07 Å². The predicted molar refractivity (Wildman–Crippen MR) is 69.7 cm³/mol. The number of hydrogen-bond acceptors (Lipinski definition) is 4. The van der Waals surface area contributed by atoms with Gasteiger partial charge in [0.25, 0.3) is 0 Å². The third kappa shape index (κ3) is 2.46. The van der Waals surface area contributed by atoms with Crippen LogP contribution in [0.5, 0.6) is 5.88 Å². The fourth-order valence-corrected chi connectivity index (χ4v) is 2.32. The summed E-state index contributed by atoms with van der Waals surface area (Å²) in [5, 5.41) is 0. The van der Waals surface area contributed by atoms with Gasteiger partial charge in [0.05, 0.1) is 6.10 Å². The van der Waals surface area contributed by atoms with E-state index in [0.29, 0.717) is 23.8 Å². The first kappa shape index (κ1) is 12.2. The zero-order valence-electron chi connectivity index (χ0n) is 10.6. The van der Waals surface area contributed by atoms with Gasteiger partial charge in [0.2, 0.25) is 5.88 Å². The Bertz CT molecular complexity index is 573. The van der Waals surface area contributed by atoms with Crippen LogP contribution in [-0.2, 0) is 4.74 Å². The van der Waals surface area contributed by atoms with E-state index in [1.807, 2.05) is 18.2 Å². The Hall–Kier alpha value is -1.88. The minimum atomic E-state index is 0.109. The number of aromatic nitrogens is 2. The van der Waals surface area contributed by atoms with Crippen LogP contribution in [0.3, 0.4) is 0 Å². The van der Waals surface area contributed by atoms with Gasteiger partial charge in [-0.25, -0.2) is 0 Å². The number of pyridine rings is 1. The number of carbonyl (C=O) groups is 1. The first-order valence-corrected chi connectivity index (χ1v) is 6.55. The molecule has 2 aromatic heterocycles. The molecule has 0 aliphatic carbocycles. The molecule has 0 spiro atoms. The van der Waals surface area contributed by atoms with Gasteiger partial charge in [-0.05, 0) is 31.4 Å². The number of nitrogens with zero attached hydrogens (tertiary/aromatic N) is 2. The van der Waals surface area contributed by atoms with Crippen molar-refractivity contribution in [1.29, 1.82) is 0 Å². The summed E-state index contributed by atoms with van der Waals surface area (Å²) in [5.74, 6) is 0.385. The SMILES string of the molecule is O=Cc1c(OCC2CCCCO2)nc2ccccn12. The Balaban J connectivity index is 1.78. The zero-order chi connectivity index (χ0) is 13.1. The summed E-state index contributed by atoms with van der Waals surface area (Å²) < 4.78 is 13.0. The normalized spacial score (nSPS) is 19.5. The summed E-state index contributed by atoms with van der Waals surface area (Å²) >= 11 is 0. The number of carbonyl (C=O) groups excluding carboxylic acids is 1. The van der Waals surface area contributed by atoms with Crippen molar-refractivity contribution < 1.29 is 14.3 Å². The first-order valence-electron chi connectivity index (χ1n) is 6.55. The van der Waals surface area contributed by atoms with Gasteiger partial charge in [0, 0.05) is 12.8 Å². The minimum Gasteiger partial charge on any atom is -0.473 e. The molecular weight excluding hydrogens is 244 g/mol. The molecule has 5 nitrogen and oxygen atoms in total. The molecule has 1 unspecified atom stereocenters. The first-order chi connectivity index (χ1) is 9.38. The highest BCUT2D eigenvalue weighted by atomic mass is 16.5. The smallest absolute Gasteiger partial charge is 0.243 e. The quantitative estimate of drug-likeness (QED) is 0.790. The molecule has 0 radical (unpaired) electrons. The molecule has 1 atom stereocenters. The van der Waals surface area contributed by atoms with Crippen LogP contribution in [0.2, 0.25) is 0 Å². The van der Waals surface area contributed by atoms with Crippen molar-refractivity contribution in [2.75, 3.05) is 13.2 Å².